The van der Waals surface area contributed by atoms with Gasteiger partial charge in [-0.15, -0.1) is 22.7 Å². The van der Waals surface area contributed by atoms with E-state index in [-0.39, 0.29) is 11.4 Å². The Bertz CT molecular complexity index is 494. The van der Waals surface area contributed by atoms with Crippen LogP contribution >= 0.6 is 22.7 Å². The summed E-state index contributed by atoms with van der Waals surface area (Å²) in [7, 11) is 1.69. The number of ether oxygens (including phenoxy) is 1. The summed E-state index contributed by atoms with van der Waals surface area (Å²) in [6, 6.07) is 4.08. The van der Waals surface area contributed by atoms with Crippen LogP contribution < -0.4 is 0 Å². The van der Waals surface area contributed by atoms with Crippen molar-refractivity contribution in [2.24, 2.45) is 0 Å². The summed E-state index contributed by atoms with van der Waals surface area (Å²) in [5.41, 5.74) is -0.218. The third kappa shape index (κ3) is 2.94. The van der Waals surface area contributed by atoms with Crippen LogP contribution in [0.25, 0.3) is 9.40 Å². The Morgan fingerprint density at radius 2 is 2.18 bits per heavy atom. The molecular weight excluding hydrogens is 252 g/mol. The van der Waals surface area contributed by atoms with Crippen LogP contribution in [-0.2, 0) is 4.74 Å². The van der Waals surface area contributed by atoms with Gasteiger partial charge in [0.1, 0.15) is 0 Å². The van der Waals surface area contributed by atoms with Gasteiger partial charge in [0.25, 0.3) is 0 Å². The fraction of sp³-hybridized carbons (Fsp3) is 0.462. The third-order valence-corrected chi connectivity index (χ3v) is 5.06. The van der Waals surface area contributed by atoms with E-state index in [4.69, 9.17) is 4.74 Å². The maximum absolute atomic E-state index is 12.0. The molecule has 2 aromatic heterocycles. The molecule has 0 spiro atoms. The smallest absolute Gasteiger partial charge is 0.172 e. The maximum atomic E-state index is 12.0. The molecule has 0 aliphatic carbocycles. The summed E-state index contributed by atoms with van der Waals surface area (Å²) in [4.78, 5) is 12.9. The fourth-order valence-corrected chi connectivity index (χ4v) is 3.62. The molecule has 0 radical (unpaired) electrons. The molecule has 0 N–H and O–H groups in total. The van der Waals surface area contributed by atoms with Crippen LogP contribution in [0.2, 0.25) is 0 Å². The van der Waals surface area contributed by atoms with Crippen LogP contribution in [0.15, 0.2) is 17.5 Å². The lowest BCUT2D eigenvalue weighted by molar-refractivity contribution is 0.0142. The zero-order valence-corrected chi connectivity index (χ0v) is 11.9. The Morgan fingerprint density at radius 1 is 1.41 bits per heavy atom. The number of carbonyl (C=O) groups is 1. The number of rotatable bonds is 5. The average molecular weight is 268 g/mol. The molecule has 0 bridgehead atoms. The lowest BCUT2D eigenvalue weighted by Gasteiger charge is -2.21. The number of thiophene rings is 2. The number of Topliss-reactive ketones (excluding diaryl/α,β-unsaturated/α-hetero) is 1. The summed E-state index contributed by atoms with van der Waals surface area (Å²) >= 11 is 3.28. The highest BCUT2D eigenvalue weighted by molar-refractivity contribution is 7.27. The molecule has 0 aliphatic heterocycles. The zero-order valence-electron chi connectivity index (χ0n) is 10.3. The topological polar surface area (TPSA) is 26.3 Å². The molecule has 2 heterocycles. The van der Waals surface area contributed by atoms with Crippen molar-refractivity contribution < 1.29 is 9.53 Å². The van der Waals surface area contributed by atoms with E-state index in [1.165, 1.54) is 9.40 Å². The van der Waals surface area contributed by atoms with Crippen molar-refractivity contribution in [3.63, 3.8) is 0 Å². The summed E-state index contributed by atoms with van der Waals surface area (Å²) < 4.78 is 7.75. The quantitative estimate of drug-likeness (QED) is 0.753. The second kappa shape index (κ2) is 4.88. The molecule has 2 rings (SSSR count). The fourth-order valence-electron chi connectivity index (χ4n) is 1.54. The van der Waals surface area contributed by atoms with Crippen molar-refractivity contribution in [3.8, 4) is 0 Å². The first-order valence-corrected chi connectivity index (χ1v) is 7.27. The van der Waals surface area contributed by atoms with Gasteiger partial charge in [-0.05, 0) is 37.8 Å². The van der Waals surface area contributed by atoms with Crippen LogP contribution in [0, 0.1) is 0 Å². The van der Waals surface area contributed by atoms with E-state index in [0.717, 1.165) is 11.3 Å². The van der Waals surface area contributed by atoms with Crippen molar-refractivity contribution in [3.05, 3.63) is 22.4 Å². The molecule has 2 nitrogen and oxygen atoms in total. The van der Waals surface area contributed by atoms with Gasteiger partial charge in [0, 0.05) is 22.9 Å². The van der Waals surface area contributed by atoms with E-state index in [9.17, 15) is 4.79 Å². The Hall–Kier alpha value is -0.710. The average Bonchev–Trinajstić information content (AvgIpc) is 2.86. The molecule has 0 amide bonds. The maximum Gasteiger partial charge on any atom is 0.172 e. The summed E-state index contributed by atoms with van der Waals surface area (Å²) in [5, 5.41) is 2.06. The van der Waals surface area contributed by atoms with Crippen molar-refractivity contribution in [1.29, 1.82) is 0 Å². The van der Waals surface area contributed by atoms with Crippen LogP contribution in [0.4, 0.5) is 0 Å². The number of hydrogen-bond acceptors (Lipinski definition) is 4. The van der Waals surface area contributed by atoms with E-state index in [0.29, 0.717) is 6.42 Å². The Balaban J connectivity index is 2.03. The molecule has 0 aromatic carbocycles. The van der Waals surface area contributed by atoms with Crippen LogP contribution in [-0.4, -0.2) is 18.5 Å². The predicted octanol–water partition coefficient (Wildman–Crippen LogP) is 4.35. The van der Waals surface area contributed by atoms with E-state index < -0.39 is 0 Å². The number of methoxy groups -OCH3 is 1. The van der Waals surface area contributed by atoms with Gasteiger partial charge in [-0.2, -0.15) is 0 Å². The number of ketones is 1. The molecule has 0 saturated heterocycles. The molecule has 0 unspecified atom stereocenters. The normalized spacial score (nSPS) is 12.2. The molecule has 92 valence electrons. The van der Waals surface area contributed by atoms with E-state index in [1.54, 1.807) is 29.8 Å². The summed E-state index contributed by atoms with van der Waals surface area (Å²) in [5.74, 6) is 0.225. The predicted molar refractivity (Wildman–Crippen MR) is 74.4 cm³/mol. The van der Waals surface area contributed by atoms with Crippen LogP contribution in [0.3, 0.4) is 0 Å². The highest BCUT2D eigenvalue weighted by Gasteiger charge is 2.19. The van der Waals surface area contributed by atoms with Crippen LogP contribution in [0.1, 0.15) is 36.4 Å². The summed E-state index contributed by atoms with van der Waals surface area (Å²) in [6.07, 6.45) is 1.31. The van der Waals surface area contributed by atoms with Crippen LogP contribution in [0.5, 0.6) is 0 Å². The molecule has 0 saturated carbocycles. The minimum absolute atomic E-state index is 0.218. The van der Waals surface area contributed by atoms with Gasteiger partial charge in [0.15, 0.2) is 5.78 Å². The molecule has 0 fully saturated rings. The van der Waals surface area contributed by atoms with E-state index in [1.807, 2.05) is 19.9 Å². The molecule has 4 heteroatoms. The Morgan fingerprint density at radius 3 is 2.82 bits per heavy atom. The van der Waals surface area contributed by atoms with Gasteiger partial charge in [0.2, 0.25) is 0 Å². The molecule has 0 aliphatic rings. The standard InChI is InChI=1S/C13H16O2S2/c1-13(2,15-3)6-4-9(14)11-8-12-10(17-11)5-7-16-12/h5,7-8H,4,6H2,1-3H3. The number of hydrogen-bond donors (Lipinski definition) is 0. The highest BCUT2D eigenvalue weighted by atomic mass is 32.1. The number of fused-ring (bicyclic) bond motifs is 1. The minimum Gasteiger partial charge on any atom is -0.379 e. The molecule has 17 heavy (non-hydrogen) atoms. The third-order valence-electron chi connectivity index (χ3n) is 2.92. The largest absolute Gasteiger partial charge is 0.379 e. The lowest BCUT2D eigenvalue weighted by atomic mass is 10.0. The minimum atomic E-state index is -0.218. The molecular formula is C13H16O2S2. The van der Waals surface area contributed by atoms with Crippen molar-refractivity contribution in [1.82, 2.24) is 0 Å². The second-order valence-electron chi connectivity index (χ2n) is 4.65. The van der Waals surface area contributed by atoms with Crippen molar-refractivity contribution >= 4 is 37.9 Å². The monoisotopic (exact) mass is 268 g/mol. The lowest BCUT2D eigenvalue weighted by Crippen LogP contribution is -2.23. The van der Waals surface area contributed by atoms with E-state index in [2.05, 4.69) is 11.4 Å². The Kier molecular flexibility index (Phi) is 3.66. The highest BCUT2D eigenvalue weighted by Crippen LogP contribution is 2.31. The van der Waals surface area contributed by atoms with Gasteiger partial charge in [0.05, 0.1) is 10.5 Å². The van der Waals surface area contributed by atoms with Gasteiger partial charge in [-0.1, -0.05) is 0 Å². The summed E-state index contributed by atoms with van der Waals surface area (Å²) in [6.45, 7) is 4.01. The number of carbonyl (C=O) groups excluding carboxylic acids is 1. The van der Waals surface area contributed by atoms with Crippen molar-refractivity contribution in [2.45, 2.75) is 32.3 Å². The first-order valence-electron chi connectivity index (χ1n) is 5.57. The van der Waals surface area contributed by atoms with Crippen molar-refractivity contribution in [2.75, 3.05) is 7.11 Å². The first-order chi connectivity index (χ1) is 8.02. The van der Waals surface area contributed by atoms with Gasteiger partial charge in [-0.25, -0.2) is 0 Å². The molecule has 2 aromatic rings. The van der Waals surface area contributed by atoms with Gasteiger partial charge < -0.3 is 4.74 Å². The molecule has 0 atom stereocenters. The van der Waals surface area contributed by atoms with E-state index >= 15 is 0 Å². The zero-order chi connectivity index (χ0) is 12.5. The SMILES string of the molecule is COC(C)(C)CCC(=O)c1cc2sccc2s1. The first kappa shape index (κ1) is 12.7. The Labute approximate surface area is 109 Å². The van der Waals surface area contributed by atoms with Gasteiger partial charge in [-0.3, -0.25) is 4.79 Å². The van der Waals surface area contributed by atoms with Gasteiger partial charge >= 0.3 is 0 Å². The second-order valence-corrected chi connectivity index (χ2v) is 6.68.